The Labute approximate surface area is 378 Å². The second-order valence-corrected chi connectivity index (χ2v) is 18.1. The first-order valence-electron chi connectivity index (χ1n) is 21.3. The molecule has 3 aliphatic heterocycles. The highest BCUT2D eigenvalue weighted by atomic mass is 32.2. The molecule has 0 unspecified atom stereocenters. The highest BCUT2D eigenvalue weighted by Gasteiger charge is 2.27. The highest BCUT2D eigenvalue weighted by molar-refractivity contribution is 8.00. The number of anilines is 6. The average Bonchev–Trinajstić information content (AvgIpc) is 3.36. The Bertz CT molecular complexity index is 3090. The molecule has 5 heteroatoms. The molecular formula is C58H43N3S2. The lowest BCUT2D eigenvalue weighted by Gasteiger charge is -2.35. The van der Waals surface area contributed by atoms with Gasteiger partial charge in [0.2, 0.25) is 0 Å². The molecule has 0 saturated heterocycles. The van der Waals surface area contributed by atoms with Crippen molar-refractivity contribution in [1.82, 2.24) is 0 Å². The van der Waals surface area contributed by atoms with Crippen molar-refractivity contribution < 1.29 is 0 Å². The summed E-state index contributed by atoms with van der Waals surface area (Å²) < 4.78 is 0. The minimum Gasteiger partial charge on any atom is -0.324 e. The zero-order chi connectivity index (χ0) is 42.3. The first kappa shape index (κ1) is 38.7. The normalized spacial score (nSPS) is 18.6. The zero-order valence-corrected chi connectivity index (χ0v) is 36.3. The van der Waals surface area contributed by atoms with Gasteiger partial charge in [0.25, 0.3) is 0 Å². The van der Waals surface area contributed by atoms with Crippen LogP contribution in [0.3, 0.4) is 0 Å². The average molecular weight is 846 g/mol. The lowest BCUT2D eigenvalue weighted by molar-refractivity contribution is 0.874. The Morgan fingerprint density at radius 3 is 1.49 bits per heavy atom. The summed E-state index contributed by atoms with van der Waals surface area (Å²) in [6, 6.07) is 58.8. The fourth-order valence-electron chi connectivity index (χ4n) is 8.77. The molecule has 0 fully saturated rings. The summed E-state index contributed by atoms with van der Waals surface area (Å²) in [5.74, 6) is 0. The van der Waals surface area contributed by atoms with Crippen molar-refractivity contribution >= 4 is 74.0 Å². The molecule has 0 bridgehead atoms. The van der Waals surface area contributed by atoms with Crippen molar-refractivity contribution in [3.05, 3.63) is 259 Å². The Balaban J connectivity index is 0.965. The SMILES string of the molecule is C=C1/C=C(C2=CC=C(N3c4ccccc4Sc4ccccc43)CC2)\C=C/N(c2ccc3ccccc3c2)/C=C\C(c2ccc(N3c4ccccc4Sc4ccccc43)cc2)=C/C1=C. The Kier molecular flexibility index (Phi) is 10.2. The van der Waals surface area contributed by atoms with E-state index in [-0.39, 0.29) is 0 Å². The van der Waals surface area contributed by atoms with E-state index >= 15 is 0 Å². The van der Waals surface area contributed by atoms with Crippen molar-refractivity contribution in [3.8, 4) is 0 Å². The first-order valence-corrected chi connectivity index (χ1v) is 23.0. The summed E-state index contributed by atoms with van der Waals surface area (Å²) in [4.78, 5) is 12.1. The van der Waals surface area contributed by atoms with Gasteiger partial charge < -0.3 is 14.7 Å². The molecule has 0 N–H and O–H groups in total. The standard InChI is InChI=1S/C58H43N3S2/c1-40-37-46(43-23-28-48(29-24-43)60-51-15-5-9-19-55(51)62-56-20-10-6-16-52(56)60)33-35-59(50-32-27-42-13-3-4-14-45(42)39-50)36-34-47(38-41(40)2)44-25-30-49(31-26-44)61-53-17-7-11-21-57(53)63-58-22-12-8-18-54(58)61/h3-25,27-30,32-39H,1-2,26,31H2/b35-33-,36-34-,46-37+,47-38+. The van der Waals surface area contributed by atoms with E-state index in [9.17, 15) is 0 Å². The quantitative estimate of drug-likeness (QED) is 0.170. The minimum atomic E-state index is 0.867. The number of hydrogen-bond acceptors (Lipinski definition) is 5. The predicted molar refractivity (Wildman–Crippen MR) is 269 cm³/mol. The van der Waals surface area contributed by atoms with Gasteiger partial charge in [-0.3, -0.25) is 0 Å². The Morgan fingerprint density at radius 1 is 0.429 bits per heavy atom. The Morgan fingerprint density at radius 2 is 0.921 bits per heavy atom. The molecule has 0 atom stereocenters. The first-order chi connectivity index (χ1) is 31.0. The van der Waals surface area contributed by atoms with Gasteiger partial charge >= 0.3 is 0 Å². The van der Waals surface area contributed by atoms with E-state index < -0.39 is 0 Å². The molecule has 7 aromatic rings. The van der Waals surface area contributed by atoms with Crippen LogP contribution in [-0.2, 0) is 0 Å². The lowest BCUT2D eigenvalue weighted by Crippen LogP contribution is -2.21. The zero-order valence-electron chi connectivity index (χ0n) is 34.7. The van der Waals surface area contributed by atoms with Crippen LogP contribution >= 0.6 is 23.5 Å². The molecule has 63 heavy (non-hydrogen) atoms. The number of benzene rings is 7. The van der Waals surface area contributed by atoms with Crippen LogP contribution in [0.25, 0.3) is 16.3 Å². The third-order valence-corrected chi connectivity index (χ3v) is 14.3. The van der Waals surface area contributed by atoms with Crippen LogP contribution in [0.4, 0.5) is 34.1 Å². The molecule has 0 radical (unpaired) electrons. The van der Waals surface area contributed by atoms with E-state index in [0.29, 0.717) is 0 Å². The fraction of sp³-hybridized carbons (Fsp3) is 0.0345. The van der Waals surface area contributed by atoms with E-state index in [1.165, 1.54) is 64.4 Å². The van der Waals surface area contributed by atoms with Gasteiger partial charge in [0.05, 0.1) is 22.7 Å². The van der Waals surface area contributed by atoms with Crippen molar-refractivity contribution in [1.29, 1.82) is 0 Å². The topological polar surface area (TPSA) is 9.72 Å². The third kappa shape index (κ3) is 7.50. The van der Waals surface area contributed by atoms with Crippen LogP contribution in [0.1, 0.15) is 18.4 Å². The number of fused-ring (bicyclic) bond motifs is 5. The maximum Gasteiger partial charge on any atom is 0.0601 e. The van der Waals surface area contributed by atoms with Crippen LogP contribution in [0.2, 0.25) is 0 Å². The van der Waals surface area contributed by atoms with E-state index in [4.69, 9.17) is 0 Å². The van der Waals surface area contributed by atoms with Crippen LogP contribution in [0.5, 0.6) is 0 Å². The van der Waals surface area contributed by atoms with Gasteiger partial charge in [-0.15, -0.1) is 0 Å². The maximum atomic E-state index is 4.59. The van der Waals surface area contributed by atoms with Crippen molar-refractivity contribution in [2.75, 3.05) is 14.7 Å². The highest BCUT2D eigenvalue weighted by Crippen LogP contribution is 2.52. The third-order valence-electron chi connectivity index (χ3n) is 12.0. The van der Waals surface area contributed by atoms with E-state index in [1.807, 2.05) is 23.5 Å². The molecule has 0 amide bonds. The molecule has 0 aromatic heterocycles. The van der Waals surface area contributed by atoms with Crippen molar-refractivity contribution in [2.45, 2.75) is 32.4 Å². The minimum absolute atomic E-state index is 0.867. The molecule has 0 saturated carbocycles. The second-order valence-electron chi connectivity index (χ2n) is 16.0. The molecule has 3 heterocycles. The van der Waals surface area contributed by atoms with E-state index in [1.54, 1.807) is 0 Å². The molecule has 3 nitrogen and oxygen atoms in total. The van der Waals surface area contributed by atoms with Gasteiger partial charge in [-0.05, 0) is 160 Å². The number of para-hydroxylation sites is 4. The second kappa shape index (κ2) is 16.6. The van der Waals surface area contributed by atoms with Crippen LogP contribution < -0.4 is 14.7 Å². The summed E-state index contributed by atoms with van der Waals surface area (Å²) in [6.45, 7) is 9.17. The van der Waals surface area contributed by atoms with Crippen molar-refractivity contribution in [3.63, 3.8) is 0 Å². The van der Waals surface area contributed by atoms with Gasteiger partial charge in [0.15, 0.2) is 0 Å². The lowest BCUT2D eigenvalue weighted by atomic mass is 9.92. The molecule has 302 valence electrons. The maximum absolute atomic E-state index is 4.59. The van der Waals surface area contributed by atoms with Gasteiger partial charge in [-0.2, -0.15) is 0 Å². The summed E-state index contributed by atoms with van der Waals surface area (Å²) in [7, 11) is 0. The molecule has 1 aliphatic carbocycles. The van der Waals surface area contributed by atoms with E-state index in [0.717, 1.165) is 52.1 Å². The van der Waals surface area contributed by atoms with Gasteiger partial charge in [0.1, 0.15) is 0 Å². The molecule has 11 rings (SSSR count). The Hall–Kier alpha value is -7.18. The molecular weight excluding hydrogens is 803 g/mol. The molecule has 7 aromatic carbocycles. The number of hydrogen-bond donors (Lipinski definition) is 0. The molecule has 0 spiro atoms. The summed E-state index contributed by atoms with van der Waals surface area (Å²) in [5.41, 5.74) is 14.6. The van der Waals surface area contributed by atoms with Crippen LogP contribution in [-0.4, -0.2) is 0 Å². The van der Waals surface area contributed by atoms with Crippen LogP contribution in [0, 0.1) is 0 Å². The van der Waals surface area contributed by atoms with Crippen molar-refractivity contribution in [2.24, 2.45) is 0 Å². The summed E-state index contributed by atoms with van der Waals surface area (Å²) in [6.07, 6.45) is 19.6. The number of nitrogens with zero attached hydrogens (tertiary/aromatic N) is 3. The van der Waals surface area contributed by atoms with Gasteiger partial charge in [-0.1, -0.05) is 134 Å². The predicted octanol–water partition coefficient (Wildman–Crippen LogP) is 16.7. The van der Waals surface area contributed by atoms with Gasteiger partial charge in [0, 0.05) is 49.1 Å². The van der Waals surface area contributed by atoms with E-state index in [2.05, 4.69) is 241 Å². The summed E-state index contributed by atoms with van der Waals surface area (Å²) in [5, 5.41) is 2.41. The van der Waals surface area contributed by atoms with Crippen LogP contribution in [0.15, 0.2) is 273 Å². The smallest absolute Gasteiger partial charge is 0.0601 e. The molecule has 4 aliphatic rings. The monoisotopic (exact) mass is 845 g/mol. The summed E-state index contributed by atoms with van der Waals surface area (Å²) >= 11 is 3.67. The fourth-order valence-corrected chi connectivity index (χ4v) is 10.9. The largest absolute Gasteiger partial charge is 0.324 e. The van der Waals surface area contributed by atoms with Gasteiger partial charge in [-0.25, -0.2) is 0 Å². The number of rotatable bonds is 5. The number of allylic oxidation sites excluding steroid dienone is 12.